The van der Waals surface area contributed by atoms with E-state index in [2.05, 4.69) is 69.4 Å². The normalized spacial score (nSPS) is 12.4. The van der Waals surface area contributed by atoms with Gasteiger partial charge >= 0.3 is 17.9 Å². The van der Waals surface area contributed by atoms with Crippen molar-refractivity contribution in [3.8, 4) is 0 Å². The Morgan fingerprint density at radius 3 is 1.03 bits per heavy atom. The zero-order valence-corrected chi connectivity index (χ0v) is 39.0. The van der Waals surface area contributed by atoms with Crippen LogP contribution in [0.1, 0.15) is 252 Å². The molecule has 0 heterocycles. The first-order valence-electron chi connectivity index (χ1n) is 25.1. The summed E-state index contributed by atoms with van der Waals surface area (Å²) in [5.74, 6) is -0.896. The molecule has 59 heavy (non-hydrogen) atoms. The van der Waals surface area contributed by atoms with Crippen LogP contribution in [-0.2, 0) is 28.6 Å². The van der Waals surface area contributed by atoms with Crippen LogP contribution in [0, 0.1) is 0 Å². The molecule has 0 aromatic heterocycles. The van der Waals surface area contributed by atoms with Crippen LogP contribution in [0.4, 0.5) is 0 Å². The second-order valence-electron chi connectivity index (χ2n) is 16.7. The SMILES string of the molecule is CC/C=C\C/C=C\C/C=C\C/C=C\CCCCCCC(=O)OC[C@H](COC(=O)CCCCCCCCCCCCC)OC(=O)CCCCCCCCCCCCCCC. The Morgan fingerprint density at radius 2 is 0.661 bits per heavy atom. The molecule has 0 unspecified atom stereocenters. The third-order valence-electron chi connectivity index (χ3n) is 10.8. The van der Waals surface area contributed by atoms with Gasteiger partial charge in [0.2, 0.25) is 0 Å². The molecule has 0 fully saturated rings. The summed E-state index contributed by atoms with van der Waals surface area (Å²) in [6.07, 6.45) is 56.6. The first-order chi connectivity index (χ1) is 29.0. The Hall–Kier alpha value is -2.63. The van der Waals surface area contributed by atoms with Gasteiger partial charge in [0, 0.05) is 19.3 Å². The van der Waals surface area contributed by atoms with Gasteiger partial charge in [-0.1, -0.05) is 223 Å². The lowest BCUT2D eigenvalue weighted by Gasteiger charge is -2.18. The molecule has 0 radical (unpaired) electrons. The zero-order valence-electron chi connectivity index (χ0n) is 39.0. The highest BCUT2D eigenvalue weighted by Gasteiger charge is 2.19. The van der Waals surface area contributed by atoms with E-state index in [-0.39, 0.29) is 31.1 Å². The summed E-state index contributed by atoms with van der Waals surface area (Å²) in [7, 11) is 0. The van der Waals surface area contributed by atoms with Crippen molar-refractivity contribution >= 4 is 17.9 Å². The molecule has 0 amide bonds. The minimum atomic E-state index is -0.777. The van der Waals surface area contributed by atoms with E-state index in [9.17, 15) is 14.4 Å². The Morgan fingerprint density at radius 1 is 0.356 bits per heavy atom. The molecule has 0 rings (SSSR count). The maximum Gasteiger partial charge on any atom is 0.306 e. The summed E-state index contributed by atoms with van der Waals surface area (Å²) >= 11 is 0. The molecule has 0 bridgehead atoms. The van der Waals surface area contributed by atoms with Crippen LogP contribution in [0.25, 0.3) is 0 Å². The van der Waals surface area contributed by atoms with Gasteiger partial charge in [-0.2, -0.15) is 0 Å². The molecule has 0 saturated carbocycles. The molecule has 6 heteroatoms. The van der Waals surface area contributed by atoms with Crippen molar-refractivity contribution < 1.29 is 28.6 Å². The van der Waals surface area contributed by atoms with Crippen molar-refractivity contribution in [2.24, 2.45) is 0 Å². The van der Waals surface area contributed by atoms with Gasteiger partial charge in [-0.25, -0.2) is 0 Å². The van der Waals surface area contributed by atoms with Crippen LogP contribution in [0.5, 0.6) is 0 Å². The molecule has 0 N–H and O–H groups in total. The van der Waals surface area contributed by atoms with E-state index in [1.807, 2.05) is 0 Å². The van der Waals surface area contributed by atoms with Crippen LogP contribution in [0.2, 0.25) is 0 Å². The molecule has 342 valence electrons. The molecule has 0 aliphatic carbocycles. The number of carbonyl (C=O) groups excluding carboxylic acids is 3. The lowest BCUT2D eigenvalue weighted by atomic mass is 10.0. The largest absolute Gasteiger partial charge is 0.462 e. The van der Waals surface area contributed by atoms with E-state index in [1.165, 1.54) is 116 Å². The van der Waals surface area contributed by atoms with Crippen molar-refractivity contribution in [1.82, 2.24) is 0 Å². The standard InChI is InChI=1S/C53H94O6/c1-4-7-10-13-16-19-22-24-25-26-27-29-31-34-37-40-43-46-52(55)58-49-50(48-57-51(54)45-42-39-36-33-30-21-18-15-12-9-6-3)59-53(56)47-44-41-38-35-32-28-23-20-17-14-11-8-5-2/h7,10,16,19,24-25,27,29,50H,4-6,8-9,11-15,17-18,20-23,26,28,30-49H2,1-3H3/b10-7-,19-16-,25-24-,29-27-/t50-/m0/s1. The van der Waals surface area contributed by atoms with Crippen molar-refractivity contribution in [1.29, 1.82) is 0 Å². The highest BCUT2D eigenvalue weighted by molar-refractivity contribution is 5.71. The number of esters is 3. The lowest BCUT2D eigenvalue weighted by molar-refractivity contribution is -0.167. The Bertz CT molecular complexity index is 1040. The predicted octanol–water partition coefficient (Wildman–Crippen LogP) is 16.3. The summed E-state index contributed by atoms with van der Waals surface area (Å²) in [5, 5.41) is 0. The molecule has 0 saturated heterocycles. The van der Waals surface area contributed by atoms with Crippen LogP contribution < -0.4 is 0 Å². The molecule has 0 aliphatic rings. The first kappa shape index (κ1) is 56.4. The Labute approximate surface area is 365 Å². The van der Waals surface area contributed by atoms with E-state index in [0.29, 0.717) is 19.3 Å². The van der Waals surface area contributed by atoms with E-state index >= 15 is 0 Å². The van der Waals surface area contributed by atoms with Crippen LogP contribution in [0.3, 0.4) is 0 Å². The maximum absolute atomic E-state index is 12.8. The fourth-order valence-corrected chi connectivity index (χ4v) is 7.08. The first-order valence-corrected chi connectivity index (χ1v) is 25.1. The highest BCUT2D eigenvalue weighted by Crippen LogP contribution is 2.15. The Balaban J connectivity index is 4.38. The van der Waals surface area contributed by atoms with Crippen LogP contribution >= 0.6 is 0 Å². The van der Waals surface area contributed by atoms with Gasteiger partial charge in [0.1, 0.15) is 13.2 Å². The molecular weight excluding hydrogens is 733 g/mol. The van der Waals surface area contributed by atoms with Gasteiger partial charge in [-0.15, -0.1) is 0 Å². The minimum Gasteiger partial charge on any atom is -0.462 e. The topological polar surface area (TPSA) is 78.9 Å². The predicted molar refractivity (Wildman–Crippen MR) is 252 cm³/mol. The molecular formula is C53H94O6. The number of rotatable bonds is 45. The number of allylic oxidation sites excluding steroid dienone is 8. The molecule has 0 spiro atoms. The van der Waals surface area contributed by atoms with E-state index in [4.69, 9.17) is 14.2 Å². The number of carbonyl (C=O) groups is 3. The lowest BCUT2D eigenvalue weighted by Crippen LogP contribution is -2.30. The van der Waals surface area contributed by atoms with Gasteiger partial charge in [-0.05, 0) is 57.8 Å². The molecule has 0 aliphatic heterocycles. The number of hydrogen-bond acceptors (Lipinski definition) is 6. The van der Waals surface area contributed by atoms with E-state index in [0.717, 1.165) is 96.3 Å². The summed E-state index contributed by atoms with van der Waals surface area (Å²) in [6, 6.07) is 0. The van der Waals surface area contributed by atoms with Crippen LogP contribution in [-0.4, -0.2) is 37.2 Å². The average molecular weight is 827 g/mol. The zero-order chi connectivity index (χ0) is 43.0. The van der Waals surface area contributed by atoms with E-state index in [1.54, 1.807) is 0 Å². The Kier molecular flexibility index (Phi) is 45.9. The monoisotopic (exact) mass is 827 g/mol. The van der Waals surface area contributed by atoms with Crippen LogP contribution in [0.15, 0.2) is 48.6 Å². The van der Waals surface area contributed by atoms with Gasteiger partial charge in [0.25, 0.3) is 0 Å². The summed E-state index contributed by atoms with van der Waals surface area (Å²) < 4.78 is 16.8. The summed E-state index contributed by atoms with van der Waals surface area (Å²) in [4.78, 5) is 37.9. The van der Waals surface area contributed by atoms with Crippen molar-refractivity contribution in [3.63, 3.8) is 0 Å². The number of unbranched alkanes of at least 4 members (excludes halogenated alkanes) is 26. The van der Waals surface area contributed by atoms with Crippen molar-refractivity contribution in [3.05, 3.63) is 48.6 Å². The van der Waals surface area contributed by atoms with Gasteiger partial charge in [0.05, 0.1) is 0 Å². The van der Waals surface area contributed by atoms with Crippen molar-refractivity contribution in [2.45, 2.75) is 258 Å². The summed E-state index contributed by atoms with van der Waals surface area (Å²) in [5.41, 5.74) is 0. The third kappa shape index (κ3) is 46.3. The smallest absolute Gasteiger partial charge is 0.306 e. The molecule has 6 nitrogen and oxygen atoms in total. The molecule has 1 atom stereocenters. The number of ether oxygens (including phenoxy) is 3. The van der Waals surface area contributed by atoms with Gasteiger partial charge in [-0.3, -0.25) is 14.4 Å². The fourth-order valence-electron chi connectivity index (χ4n) is 7.08. The van der Waals surface area contributed by atoms with E-state index < -0.39 is 6.10 Å². The number of hydrogen-bond donors (Lipinski definition) is 0. The van der Waals surface area contributed by atoms with Crippen molar-refractivity contribution in [2.75, 3.05) is 13.2 Å². The molecule has 0 aromatic carbocycles. The third-order valence-corrected chi connectivity index (χ3v) is 10.8. The molecule has 0 aromatic rings. The second kappa shape index (κ2) is 48.0. The minimum absolute atomic E-state index is 0.0776. The maximum atomic E-state index is 12.8. The second-order valence-corrected chi connectivity index (χ2v) is 16.7. The quantitative estimate of drug-likeness (QED) is 0.0263. The highest BCUT2D eigenvalue weighted by atomic mass is 16.6. The summed E-state index contributed by atoms with van der Waals surface area (Å²) in [6.45, 7) is 6.51. The van der Waals surface area contributed by atoms with Gasteiger partial charge < -0.3 is 14.2 Å². The van der Waals surface area contributed by atoms with Gasteiger partial charge in [0.15, 0.2) is 6.10 Å². The fraction of sp³-hybridized carbons (Fsp3) is 0.792. The average Bonchev–Trinajstić information content (AvgIpc) is 3.23.